The van der Waals surface area contributed by atoms with Gasteiger partial charge in [0.05, 0.1) is 24.5 Å². The Labute approximate surface area is 354 Å². The number of unbranched alkanes of at least 4 members (excludes halogenated alkanes) is 3. The van der Waals surface area contributed by atoms with Crippen LogP contribution in [-0.2, 0) is 4.74 Å². The molecule has 0 spiro atoms. The summed E-state index contributed by atoms with van der Waals surface area (Å²) in [4.78, 5) is 57.9. The third-order valence-corrected chi connectivity index (χ3v) is 25.9. The predicted molar refractivity (Wildman–Crippen MR) is 240 cm³/mol. The Hall–Kier alpha value is -4.37. The van der Waals surface area contributed by atoms with Crippen molar-refractivity contribution in [3.63, 3.8) is 0 Å². The van der Waals surface area contributed by atoms with E-state index in [1.165, 1.54) is 73.3 Å². The third kappa shape index (κ3) is 11.9. The molecule has 6 rings (SSSR count). The van der Waals surface area contributed by atoms with E-state index >= 15 is 0 Å². The maximum absolute atomic E-state index is 12.2. The molecule has 0 bridgehead atoms. The molecule has 4 aromatic heterocycles. The first-order chi connectivity index (χ1) is 27.9. The van der Waals surface area contributed by atoms with E-state index in [0.29, 0.717) is 27.2 Å². The van der Waals surface area contributed by atoms with Gasteiger partial charge in [-0.15, -0.1) is 0 Å². The molecule has 0 radical (unpaired) electrons. The normalized spacial score (nSPS) is 12.3. The van der Waals surface area contributed by atoms with Crippen molar-refractivity contribution >= 4 is 62.7 Å². The Bertz CT molecular complexity index is 2320. The number of ether oxygens (including phenoxy) is 1. The molecule has 14 heteroatoms. The molecule has 0 unspecified atom stereocenters. The van der Waals surface area contributed by atoms with Gasteiger partial charge in [0.1, 0.15) is 10.3 Å². The van der Waals surface area contributed by atoms with E-state index in [9.17, 15) is 14.4 Å². The van der Waals surface area contributed by atoms with Crippen molar-refractivity contribution in [2.24, 2.45) is 0 Å². The van der Waals surface area contributed by atoms with Crippen molar-refractivity contribution in [2.75, 3.05) is 6.61 Å². The average molecular weight is 963 g/mol. The molecule has 0 aliphatic carbocycles. The van der Waals surface area contributed by atoms with Crippen molar-refractivity contribution in [1.82, 2.24) is 39.0 Å². The largest absolute Gasteiger partial charge is 0.329 e. The molecule has 58 heavy (non-hydrogen) atoms. The monoisotopic (exact) mass is 962 g/mol. The Kier molecular flexibility index (Phi) is 18.1. The number of carbonyl (C=O) groups excluding carboxylic acids is 1. The van der Waals surface area contributed by atoms with Crippen LogP contribution in [0.2, 0.25) is 13.3 Å². The minimum absolute atomic E-state index is 0.106. The number of Topliss-reactive ketones (excluding diaryl/α,β-unsaturated/α-hetero) is 1. The quantitative estimate of drug-likeness (QED) is 0.0521. The van der Waals surface area contributed by atoms with Gasteiger partial charge >= 0.3 is 131 Å². The second-order valence-corrected chi connectivity index (χ2v) is 28.6. The van der Waals surface area contributed by atoms with Gasteiger partial charge in [-0.25, -0.2) is 29.5 Å². The van der Waals surface area contributed by atoms with Gasteiger partial charge in [-0.1, -0.05) is 60.7 Å². The summed E-state index contributed by atoms with van der Waals surface area (Å²) in [6, 6.07) is 19.2. The molecule has 6 aromatic rings. The summed E-state index contributed by atoms with van der Waals surface area (Å²) in [7, 11) is 0. The summed E-state index contributed by atoms with van der Waals surface area (Å²) >= 11 is 1.04. The van der Waals surface area contributed by atoms with Gasteiger partial charge in [0, 0.05) is 6.92 Å². The summed E-state index contributed by atoms with van der Waals surface area (Å²) in [6.45, 7) is 19.5. The van der Waals surface area contributed by atoms with Crippen LogP contribution in [0.4, 0.5) is 0 Å². The van der Waals surface area contributed by atoms with E-state index in [-0.39, 0.29) is 34.9 Å². The summed E-state index contributed by atoms with van der Waals surface area (Å²) in [5, 5.41) is 0. The molecular weight excluding hydrogens is 903 g/mol. The minimum Gasteiger partial charge on any atom is -0.293 e. The fourth-order valence-corrected chi connectivity index (χ4v) is 22.0. The number of benzene rings is 2. The molecule has 2 aromatic carbocycles. The van der Waals surface area contributed by atoms with Crippen LogP contribution in [-0.4, -0.2) is 69.8 Å². The number of nitrogens with zero attached hydrogens (tertiary/aromatic N) is 6. The molecular formula is C44H59BrN8O4Sn. The van der Waals surface area contributed by atoms with E-state index in [0.717, 1.165) is 17.7 Å². The fourth-order valence-electron chi connectivity index (χ4n) is 7.08. The first kappa shape index (κ1) is 46.3. The zero-order valence-corrected chi connectivity index (χ0v) is 39.5. The number of halogens is 1. The zero-order valence-electron chi connectivity index (χ0n) is 35.1. The first-order valence-electron chi connectivity index (χ1n) is 20.4. The molecule has 0 amide bonds. The van der Waals surface area contributed by atoms with Gasteiger partial charge in [0.2, 0.25) is 0 Å². The van der Waals surface area contributed by atoms with Crippen molar-refractivity contribution in [2.45, 2.75) is 112 Å². The second-order valence-electron chi connectivity index (χ2n) is 14.6. The number of carbonyl (C=O) groups is 1. The predicted octanol–water partition coefficient (Wildman–Crippen LogP) is 10.3. The zero-order chi connectivity index (χ0) is 42.2. The average Bonchev–Trinajstić information content (AvgIpc) is 3.75. The molecule has 0 saturated heterocycles. The van der Waals surface area contributed by atoms with Crippen LogP contribution in [0, 0.1) is 0 Å². The molecule has 2 atom stereocenters. The molecule has 0 fully saturated rings. The number of H-pyrrole nitrogens is 2. The van der Waals surface area contributed by atoms with Gasteiger partial charge in [-0.2, -0.15) is 0 Å². The Morgan fingerprint density at radius 3 is 1.59 bits per heavy atom. The van der Waals surface area contributed by atoms with E-state index in [2.05, 4.69) is 80.1 Å². The summed E-state index contributed by atoms with van der Waals surface area (Å²) in [5.74, 6) is -0.183. The van der Waals surface area contributed by atoms with Crippen molar-refractivity contribution in [3.8, 4) is 0 Å². The summed E-state index contributed by atoms with van der Waals surface area (Å²) in [6.07, 6.45) is 11.0. The van der Waals surface area contributed by atoms with Crippen LogP contribution in [0.3, 0.4) is 0 Å². The number of hydrogen-bond donors (Lipinski definition) is 2. The third-order valence-electron chi connectivity index (χ3n) is 10.5. The van der Waals surface area contributed by atoms with Crippen LogP contribution in [0.5, 0.6) is 0 Å². The van der Waals surface area contributed by atoms with E-state index in [1.807, 2.05) is 74.5 Å². The van der Waals surface area contributed by atoms with E-state index < -0.39 is 18.4 Å². The van der Waals surface area contributed by atoms with Crippen molar-refractivity contribution in [3.05, 3.63) is 126 Å². The Morgan fingerprint density at radius 1 is 0.741 bits per heavy atom. The van der Waals surface area contributed by atoms with Gasteiger partial charge in [0.15, 0.2) is 28.4 Å². The second kappa shape index (κ2) is 22.7. The first-order valence-corrected chi connectivity index (χ1v) is 28.7. The number of hydrogen-bond acceptors (Lipinski definition) is 8. The van der Waals surface area contributed by atoms with Crippen LogP contribution < -0.4 is 11.4 Å². The Morgan fingerprint density at radius 2 is 1.17 bits per heavy atom. The van der Waals surface area contributed by atoms with E-state index in [4.69, 9.17) is 4.74 Å². The number of rotatable bonds is 17. The number of fused-ring (bicyclic) bond motifs is 2. The SMILES string of the molecule is C=[C](OCC)[Sn]([CH2]CCC)([CH2]CCC)[CH2]CCC.CC(=O)c1cnc2[nH]c(=O)n([C@@H](C)c3ccccc3)c2n1.C[C@@H](c1ccccc1)n1c(=O)[nH]c2ncc(Br)nc21. The standard InChI is InChI=1S/C15H14N4O2.C13H11BrN4O.C4H7O.3C4H9.Sn/c1-9(11-6-4-3-5-7-11)19-14-13(18-15(19)21)16-8-12(17-14)10(2)20;1-8(9-5-3-2-4-6-9)18-12-11(17-13(18)19)15-7-10(14)16-12;1-3-5-4-2;3*1-3-4-2;/h3-9H,1-2H3,(H,16,18,21);2-8H,1H3,(H,15,17,19);1,4H2,2H3;3*1,3-4H2,2H3;/t9-;8-;;;;;/m00...../s1. The van der Waals surface area contributed by atoms with Crippen LogP contribution in [0.1, 0.15) is 121 Å². The molecule has 2 N–H and O–H groups in total. The summed E-state index contributed by atoms with van der Waals surface area (Å²) in [5.41, 5.74) is 3.60. The smallest absolute Gasteiger partial charge is 0.293 e. The maximum atomic E-state index is 12.2. The molecule has 0 saturated carbocycles. The number of nitrogens with one attached hydrogen (secondary N) is 2. The van der Waals surface area contributed by atoms with Crippen molar-refractivity contribution < 1.29 is 9.53 Å². The van der Waals surface area contributed by atoms with Crippen LogP contribution in [0.15, 0.2) is 97.6 Å². The number of aromatic amines is 2. The molecule has 12 nitrogen and oxygen atoms in total. The molecule has 4 heterocycles. The van der Waals surface area contributed by atoms with Crippen LogP contribution in [0.25, 0.3) is 22.6 Å². The fraction of sp³-hybridized carbons (Fsp3) is 0.432. The van der Waals surface area contributed by atoms with E-state index in [1.54, 1.807) is 10.8 Å². The topological polar surface area (TPSA) is 153 Å². The number of ketones is 1. The molecule has 0 aliphatic rings. The van der Waals surface area contributed by atoms with Gasteiger partial charge in [0.25, 0.3) is 0 Å². The van der Waals surface area contributed by atoms with Gasteiger partial charge < -0.3 is 0 Å². The number of imidazole rings is 2. The molecule has 0 aliphatic heterocycles. The Balaban J connectivity index is 0.000000193. The summed E-state index contributed by atoms with van der Waals surface area (Å²) < 4.78 is 15.3. The van der Waals surface area contributed by atoms with Gasteiger partial charge in [-0.05, 0) is 40.9 Å². The number of aromatic nitrogens is 8. The van der Waals surface area contributed by atoms with Crippen molar-refractivity contribution in [1.29, 1.82) is 0 Å². The maximum Gasteiger partial charge on any atom is 0.329 e. The van der Waals surface area contributed by atoms with Crippen LogP contribution >= 0.6 is 15.9 Å². The minimum atomic E-state index is -2.24. The van der Waals surface area contributed by atoms with Gasteiger partial charge in [-0.3, -0.25) is 23.9 Å². The molecule has 310 valence electrons.